The number of aromatic nitrogens is 1. The minimum atomic E-state index is -3.83. The van der Waals surface area contributed by atoms with Gasteiger partial charge in [0.05, 0.1) is 16.2 Å². The standard InChI is InChI=1S/C24H24N2O6S/c1-14-5-9-19(10-6-14)26-33(30,31)20-11-7-18(8-12-20)24(29)32-13-21(28)23-15(2)22(17(4)27)16(3)25-23/h5-12,25-26H,13H2,1-4H3. The van der Waals surface area contributed by atoms with Crippen LogP contribution < -0.4 is 4.72 Å². The maximum atomic E-state index is 12.5. The number of hydrogen-bond donors (Lipinski definition) is 2. The zero-order valence-electron chi connectivity index (χ0n) is 18.7. The van der Waals surface area contributed by atoms with E-state index in [-0.39, 0.29) is 21.9 Å². The lowest BCUT2D eigenvalue weighted by Crippen LogP contribution is -2.16. The predicted molar refractivity (Wildman–Crippen MR) is 123 cm³/mol. The van der Waals surface area contributed by atoms with Gasteiger partial charge in [0.1, 0.15) is 0 Å². The van der Waals surface area contributed by atoms with Crippen molar-refractivity contribution in [2.45, 2.75) is 32.6 Å². The lowest BCUT2D eigenvalue weighted by Gasteiger charge is -2.09. The molecule has 0 aliphatic rings. The summed E-state index contributed by atoms with van der Waals surface area (Å²) in [4.78, 5) is 39.4. The van der Waals surface area contributed by atoms with Crippen LogP contribution in [0.5, 0.6) is 0 Å². The van der Waals surface area contributed by atoms with Crippen molar-refractivity contribution in [3.05, 3.63) is 82.2 Å². The van der Waals surface area contributed by atoms with Crippen molar-refractivity contribution in [1.29, 1.82) is 0 Å². The Morgan fingerprint density at radius 1 is 0.939 bits per heavy atom. The number of nitrogens with one attached hydrogen (secondary N) is 2. The van der Waals surface area contributed by atoms with Crippen LogP contribution in [-0.2, 0) is 14.8 Å². The zero-order chi connectivity index (χ0) is 24.3. The van der Waals surface area contributed by atoms with Crippen LogP contribution >= 0.6 is 0 Å². The molecule has 1 aromatic heterocycles. The van der Waals surface area contributed by atoms with Gasteiger partial charge < -0.3 is 9.72 Å². The largest absolute Gasteiger partial charge is 0.454 e. The van der Waals surface area contributed by atoms with Crippen molar-refractivity contribution in [3.63, 3.8) is 0 Å². The number of H-pyrrole nitrogens is 1. The lowest BCUT2D eigenvalue weighted by molar-refractivity contribution is 0.0473. The molecule has 0 spiro atoms. The molecule has 0 atom stereocenters. The van der Waals surface area contributed by atoms with Crippen molar-refractivity contribution in [2.75, 3.05) is 11.3 Å². The number of carbonyl (C=O) groups excluding carboxylic acids is 3. The van der Waals surface area contributed by atoms with E-state index in [0.29, 0.717) is 22.5 Å². The van der Waals surface area contributed by atoms with E-state index in [1.165, 1.54) is 31.2 Å². The topological polar surface area (TPSA) is 122 Å². The summed E-state index contributed by atoms with van der Waals surface area (Å²) < 4.78 is 32.7. The highest BCUT2D eigenvalue weighted by Gasteiger charge is 2.21. The lowest BCUT2D eigenvalue weighted by atomic mass is 10.1. The van der Waals surface area contributed by atoms with Crippen molar-refractivity contribution < 1.29 is 27.5 Å². The smallest absolute Gasteiger partial charge is 0.338 e. The van der Waals surface area contributed by atoms with E-state index in [4.69, 9.17) is 4.74 Å². The molecule has 0 saturated heterocycles. The molecule has 0 amide bonds. The van der Waals surface area contributed by atoms with E-state index in [0.717, 1.165) is 5.56 Å². The Kier molecular flexibility index (Phi) is 6.83. The number of ether oxygens (including phenoxy) is 1. The Morgan fingerprint density at radius 2 is 1.55 bits per heavy atom. The van der Waals surface area contributed by atoms with Crippen LogP contribution in [0.4, 0.5) is 5.69 Å². The van der Waals surface area contributed by atoms with Crippen LogP contribution in [0.2, 0.25) is 0 Å². The highest BCUT2D eigenvalue weighted by atomic mass is 32.2. The number of rotatable bonds is 8. The number of aromatic amines is 1. The second-order valence-corrected chi connectivity index (χ2v) is 9.36. The van der Waals surface area contributed by atoms with Gasteiger partial charge >= 0.3 is 5.97 Å². The molecule has 0 unspecified atom stereocenters. The average Bonchev–Trinajstić information content (AvgIpc) is 3.07. The molecule has 0 radical (unpaired) electrons. The van der Waals surface area contributed by atoms with Gasteiger partial charge in [-0.15, -0.1) is 0 Å². The van der Waals surface area contributed by atoms with E-state index in [1.807, 2.05) is 6.92 Å². The molecule has 172 valence electrons. The minimum Gasteiger partial charge on any atom is -0.454 e. The fourth-order valence-electron chi connectivity index (χ4n) is 3.45. The summed E-state index contributed by atoms with van der Waals surface area (Å²) in [6.45, 7) is 6.13. The molecule has 3 rings (SSSR count). The Hall–Kier alpha value is -3.72. The van der Waals surface area contributed by atoms with Crippen LogP contribution in [0.1, 0.15) is 54.9 Å². The predicted octanol–water partition coefficient (Wildman–Crippen LogP) is 3.98. The number of aryl methyl sites for hydroxylation is 2. The monoisotopic (exact) mass is 468 g/mol. The highest BCUT2D eigenvalue weighted by molar-refractivity contribution is 7.92. The molecular formula is C24H24N2O6S. The summed E-state index contributed by atoms with van der Waals surface area (Å²) in [6.07, 6.45) is 0. The third kappa shape index (κ3) is 5.38. The summed E-state index contributed by atoms with van der Waals surface area (Å²) >= 11 is 0. The van der Waals surface area contributed by atoms with Crippen LogP contribution in [0, 0.1) is 20.8 Å². The van der Waals surface area contributed by atoms with Crippen molar-refractivity contribution in [1.82, 2.24) is 4.98 Å². The first-order valence-corrected chi connectivity index (χ1v) is 11.6. The summed E-state index contributed by atoms with van der Waals surface area (Å²) in [5.41, 5.74) is 3.27. The van der Waals surface area contributed by atoms with Crippen LogP contribution in [0.25, 0.3) is 0 Å². The van der Waals surface area contributed by atoms with E-state index >= 15 is 0 Å². The molecular weight excluding hydrogens is 444 g/mol. The Bertz CT molecular complexity index is 1320. The molecule has 2 aromatic carbocycles. The van der Waals surface area contributed by atoms with Gasteiger partial charge in [0, 0.05) is 16.9 Å². The van der Waals surface area contributed by atoms with Gasteiger partial charge in [-0.1, -0.05) is 17.7 Å². The Morgan fingerprint density at radius 3 is 2.09 bits per heavy atom. The van der Waals surface area contributed by atoms with E-state index in [1.54, 1.807) is 38.1 Å². The first-order chi connectivity index (χ1) is 15.5. The van der Waals surface area contributed by atoms with Gasteiger partial charge in [-0.05, 0) is 69.7 Å². The van der Waals surface area contributed by atoms with Crippen molar-refractivity contribution >= 4 is 33.2 Å². The third-order valence-corrected chi connectivity index (χ3v) is 6.50. The van der Waals surface area contributed by atoms with Crippen molar-refractivity contribution in [2.24, 2.45) is 0 Å². The molecule has 2 N–H and O–H groups in total. The number of ketones is 2. The number of Topliss-reactive ketones (excluding diaryl/α,β-unsaturated/α-hetero) is 2. The second-order valence-electron chi connectivity index (χ2n) is 7.68. The van der Waals surface area contributed by atoms with Gasteiger partial charge in [-0.3, -0.25) is 14.3 Å². The second kappa shape index (κ2) is 9.41. The van der Waals surface area contributed by atoms with Crippen LogP contribution in [-0.4, -0.2) is 37.5 Å². The maximum absolute atomic E-state index is 12.5. The molecule has 0 aliphatic carbocycles. The molecule has 1 heterocycles. The molecule has 0 saturated carbocycles. The Balaban J connectivity index is 1.66. The fraction of sp³-hybridized carbons (Fsp3) is 0.208. The number of esters is 1. The van der Waals surface area contributed by atoms with E-state index < -0.39 is 28.4 Å². The first-order valence-electron chi connectivity index (χ1n) is 10.1. The molecule has 3 aromatic rings. The number of anilines is 1. The summed E-state index contributed by atoms with van der Waals surface area (Å²) in [5, 5.41) is 0. The SMILES string of the molecule is CC(=O)c1c(C)[nH]c(C(=O)COC(=O)c2ccc(S(=O)(=O)Nc3ccc(C)cc3)cc2)c1C. The highest BCUT2D eigenvalue weighted by Crippen LogP contribution is 2.20. The normalized spacial score (nSPS) is 11.2. The van der Waals surface area contributed by atoms with Gasteiger partial charge in [0.25, 0.3) is 10.0 Å². The number of sulfonamides is 1. The Labute approximate surface area is 192 Å². The van der Waals surface area contributed by atoms with E-state index in [9.17, 15) is 22.8 Å². The fourth-order valence-corrected chi connectivity index (χ4v) is 4.51. The molecule has 0 bridgehead atoms. The molecule has 9 heteroatoms. The van der Waals surface area contributed by atoms with E-state index in [2.05, 4.69) is 9.71 Å². The molecule has 8 nitrogen and oxygen atoms in total. The van der Waals surface area contributed by atoms with Crippen LogP contribution in [0.15, 0.2) is 53.4 Å². The molecule has 33 heavy (non-hydrogen) atoms. The molecule has 0 fully saturated rings. The summed E-state index contributed by atoms with van der Waals surface area (Å²) in [7, 11) is -3.83. The van der Waals surface area contributed by atoms with Gasteiger partial charge in [-0.2, -0.15) is 0 Å². The zero-order valence-corrected chi connectivity index (χ0v) is 19.5. The van der Waals surface area contributed by atoms with Crippen molar-refractivity contribution in [3.8, 4) is 0 Å². The van der Waals surface area contributed by atoms with Gasteiger partial charge in [0.2, 0.25) is 5.78 Å². The number of hydrogen-bond acceptors (Lipinski definition) is 6. The quantitative estimate of drug-likeness (QED) is 0.381. The summed E-state index contributed by atoms with van der Waals surface area (Å²) in [5.74, 6) is -1.41. The van der Waals surface area contributed by atoms with Crippen LogP contribution in [0.3, 0.4) is 0 Å². The molecule has 0 aliphatic heterocycles. The summed E-state index contributed by atoms with van der Waals surface area (Å²) in [6, 6.07) is 12.1. The third-order valence-electron chi connectivity index (χ3n) is 5.11. The number of benzene rings is 2. The first kappa shape index (κ1) is 23.9. The van der Waals surface area contributed by atoms with Gasteiger partial charge in [0.15, 0.2) is 12.4 Å². The van der Waals surface area contributed by atoms with Gasteiger partial charge in [-0.25, -0.2) is 13.2 Å². The average molecular weight is 469 g/mol. The number of carbonyl (C=O) groups is 3. The minimum absolute atomic E-state index is 0.0232. The maximum Gasteiger partial charge on any atom is 0.338 e.